The minimum Gasteiger partial charge on any atom is -0.384 e. The maximum Gasteiger partial charge on any atom is 0.241 e. The Bertz CT molecular complexity index is 500. The molecule has 0 saturated carbocycles. The first kappa shape index (κ1) is 14.3. The highest BCUT2D eigenvalue weighted by Gasteiger charge is 2.26. The average molecular weight is 277 g/mol. The normalized spacial score (nSPS) is 16.3. The van der Waals surface area contributed by atoms with E-state index in [-0.39, 0.29) is 24.9 Å². The van der Waals surface area contributed by atoms with E-state index in [4.69, 9.17) is 5.73 Å². The number of carbonyl (C=O) groups is 2. The minimum absolute atomic E-state index is 0.000372. The largest absolute Gasteiger partial charge is 0.384 e. The zero-order valence-corrected chi connectivity index (χ0v) is 11.7. The quantitative estimate of drug-likeness (QED) is 0.798. The van der Waals surface area contributed by atoms with Crippen LogP contribution in [0, 0.1) is 0 Å². The van der Waals surface area contributed by atoms with Crippen LogP contribution in [0.2, 0.25) is 0 Å². The van der Waals surface area contributed by atoms with Gasteiger partial charge in [-0.2, -0.15) is 0 Å². The Kier molecular flexibility index (Phi) is 4.19. The number of pyridine rings is 1. The summed E-state index contributed by atoms with van der Waals surface area (Å²) in [5.41, 5.74) is 6.27. The van der Waals surface area contributed by atoms with Gasteiger partial charge in [-0.25, -0.2) is 4.98 Å². The molecule has 7 nitrogen and oxygen atoms in total. The number of nitrogens with two attached hydrogens (primary N) is 1. The molecule has 1 aliphatic rings. The molecule has 0 spiro atoms. The molecular formula is C13H19N5O2. The standard InChI is InChI=1S/C13H19N5O2/c1-16(2)12(19)8-17-5-6-18(13(20)9-17)10-3-4-11(14)15-7-10/h3-4,7H,5-6,8-9H2,1-2H3,(H2,14,15). The van der Waals surface area contributed by atoms with E-state index < -0.39 is 0 Å². The Morgan fingerprint density at radius 3 is 2.70 bits per heavy atom. The molecule has 0 bridgehead atoms. The van der Waals surface area contributed by atoms with Crippen LogP contribution < -0.4 is 10.6 Å². The van der Waals surface area contributed by atoms with Crippen LogP contribution in [-0.4, -0.2) is 66.9 Å². The van der Waals surface area contributed by atoms with Gasteiger partial charge in [-0.15, -0.1) is 0 Å². The molecule has 0 atom stereocenters. The van der Waals surface area contributed by atoms with Crippen molar-refractivity contribution in [2.75, 3.05) is 50.9 Å². The molecule has 0 aromatic carbocycles. The summed E-state index contributed by atoms with van der Waals surface area (Å²) in [6.45, 7) is 1.72. The number of amides is 2. The van der Waals surface area contributed by atoms with E-state index in [1.165, 1.54) is 4.90 Å². The Balaban J connectivity index is 1.97. The maximum atomic E-state index is 12.1. The molecule has 108 valence electrons. The van der Waals surface area contributed by atoms with Crippen molar-refractivity contribution >= 4 is 23.3 Å². The topological polar surface area (TPSA) is 82.8 Å². The van der Waals surface area contributed by atoms with Gasteiger partial charge < -0.3 is 15.5 Å². The third-order valence-corrected chi connectivity index (χ3v) is 3.24. The summed E-state index contributed by atoms with van der Waals surface area (Å²) in [4.78, 5) is 32.8. The molecule has 2 amide bonds. The first-order valence-electron chi connectivity index (χ1n) is 6.42. The fourth-order valence-electron chi connectivity index (χ4n) is 2.02. The number of aromatic nitrogens is 1. The van der Waals surface area contributed by atoms with Crippen molar-refractivity contribution < 1.29 is 9.59 Å². The first-order valence-corrected chi connectivity index (χ1v) is 6.42. The van der Waals surface area contributed by atoms with Gasteiger partial charge >= 0.3 is 0 Å². The van der Waals surface area contributed by atoms with E-state index in [1.807, 2.05) is 4.90 Å². The molecule has 0 aliphatic carbocycles. The van der Waals surface area contributed by atoms with Crippen molar-refractivity contribution in [1.82, 2.24) is 14.8 Å². The molecule has 1 aromatic heterocycles. The highest BCUT2D eigenvalue weighted by Crippen LogP contribution is 2.17. The third-order valence-electron chi connectivity index (χ3n) is 3.24. The molecule has 1 fully saturated rings. The number of carbonyl (C=O) groups excluding carboxylic acids is 2. The van der Waals surface area contributed by atoms with Crippen LogP contribution in [0.15, 0.2) is 18.3 Å². The lowest BCUT2D eigenvalue weighted by Gasteiger charge is -2.34. The van der Waals surface area contributed by atoms with E-state index in [0.29, 0.717) is 18.9 Å². The minimum atomic E-state index is -0.0330. The molecular weight excluding hydrogens is 258 g/mol. The van der Waals surface area contributed by atoms with E-state index in [0.717, 1.165) is 5.69 Å². The average Bonchev–Trinajstić information content (AvgIpc) is 2.40. The number of nitrogens with zero attached hydrogens (tertiary/aromatic N) is 4. The highest BCUT2D eigenvalue weighted by atomic mass is 16.2. The van der Waals surface area contributed by atoms with Crippen molar-refractivity contribution in [3.63, 3.8) is 0 Å². The second-order valence-electron chi connectivity index (χ2n) is 4.99. The lowest BCUT2D eigenvalue weighted by Crippen LogP contribution is -2.52. The molecule has 0 unspecified atom stereocenters. The van der Waals surface area contributed by atoms with Crippen LogP contribution >= 0.6 is 0 Å². The number of piperazine rings is 1. The predicted molar refractivity (Wildman–Crippen MR) is 76.1 cm³/mol. The molecule has 2 rings (SSSR count). The monoisotopic (exact) mass is 277 g/mol. The van der Waals surface area contributed by atoms with Crippen molar-refractivity contribution in [2.24, 2.45) is 0 Å². The summed E-state index contributed by atoms with van der Waals surface area (Å²) >= 11 is 0. The molecule has 1 saturated heterocycles. The third kappa shape index (κ3) is 3.24. The van der Waals surface area contributed by atoms with Gasteiger partial charge in [0.25, 0.3) is 0 Å². The number of hydrogen-bond donors (Lipinski definition) is 1. The number of anilines is 2. The van der Waals surface area contributed by atoms with Crippen LogP contribution in [0.4, 0.5) is 11.5 Å². The summed E-state index contributed by atoms with van der Waals surface area (Å²) in [7, 11) is 3.42. The fraction of sp³-hybridized carbons (Fsp3) is 0.462. The Morgan fingerprint density at radius 1 is 1.40 bits per heavy atom. The number of rotatable bonds is 3. The predicted octanol–water partition coefficient (Wildman–Crippen LogP) is -0.599. The number of likely N-dealkylation sites (N-methyl/N-ethyl adjacent to an activating group) is 1. The van der Waals surface area contributed by atoms with Gasteiger partial charge in [0.2, 0.25) is 11.8 Å². The van der Waals surface area contributed by atoms with Crippen molar-refractivity contribution in [1.29, 1.82) is 0 Å². The molecule has 2 N–H and O–H groups in total. The van der Waals surface area contributed by atoms with Crippen LogP contribution in [0.25, 0.3) is 0 Å². The van der Waals surface area contributed by atoms with E-state index in [2.05, 4.69) is 4.98 Å². The van der Waals surface area contributed by atoms with Gasteiger partial charge in [0, 0.05) is 27.2 Å². The lowest BCUT2D eigenvalue weighted by molar-refractivity contribution is -0.131. The van der Waals surface area contributed by atoms with E-state index >= 15 is 0 Å². The molecule has 1 aromatic rings. The first-order chi connectivity index (χ1) is 9.47. The van der Waals surface area contributed by atoms with Crippen molar-refractivity contribution in [3.05, 3.63) is 18.3 Å². The number of nitrogen functional groups attached to an aromatic ring is 1. The van der Waals surface area contributed by atoms with Crippen LogP contribution in [0.3, 0.4) is 0 Å². The fourth-order valence-corrected chi connectivity index (χ4v) is 2.02. The molecule has 1 aliphatic heterocycles. The zero-order chi connectivity index (χ0) is 14.7. The Hall–Kier alpha value is -2.15. The van der Waals surface area contributed by atoms with Gasteiger partial charge in [-0.3, -0.25) is 14.5 Å². The zero-order valence-electron chi connectivity index (χ0n) is 11.7. The molecule has 7 heteroatoms. The number of hydrogen-bond acceptors (Lipinski definition) is 5. The van der Waals surface area contributed by atoms with Crippen LogP contribution in [0.5, 0.6) is 0 Å². The molecule has 2 heterocycles. The van der Waals surface area contributed by atoms with Gasteiger partial charge in [0.05, 0.1) is 25.0 Å². The van der Waals surface area contributed by atoms with Crippen molar-refractivity contribution in [3.8, 4) is 0 Å². The van der Waals surface area contributed by atoms with Crippen LogP contribution in [0.1, 0.15) is 0 Å². The highest BCUT2D eigenvalue weighted by molar-refractivity contribution is 5.95. The molecule has 20 heavy (non-hydrogen) atoms. The Morgan fingerprint density at radius 2 is 2.15 bits per heavy atom. The van der Waals surface area contributed by atoms with E-state index in [9.17, 15) is 9.59 Å². The Labute approximate surface area is 118 Å². The van der Waals surface area contributed by atoms with Gasteiger partial charge in [-0.05, 0) is 12.1 Å². The lowest BCUT2D eigenvalue weighted by atomic mass is 10.2. The smallest absolute Gasteiger partial charge is 0.241 e. The van der Waals surface area contributed by atoms with Crippen molar-refractivity contribution in [2.45, 2.75) is 0 Å². The second kappa shape index (κ2) is 5.87. The SMILES string of the molecule is CN(C)C(=O)CN1CCN(c2ccc(N)nc2)C(=O)C1. The van der Waals surface area contributed by atoms with Gasteiger partial charge in [0.15, 0.2) is 0 Å². The summed E-state index contributed by atoms with van der Waals surface area (Å²) in [6.07, 6.45) is 1.59. The van der Waals surface area contributed by atoms with Crippen LogP contribution in [-0.2, 0) is 9.59 Å². The van der Waals surface area contributed by atoms with E-state index in [1.54, 1.807) is 37.3 Å². The summed E-state index contributed by atoms with van der Waals surface area (Å²) in [5.74, 6) is 0.395. The second-order valence-corrected chi connectivity index (χ2v) is 4.99. The summed E-state index contributed by atoms with van der Waals surface area (Å²) < 4.78 is 0. The maximum absolute atomic E-state index is 12.1. The summed E-state index contributed by atoms with van der Waals surface area (Å²) in [5, 5.41) is 0. The molecule has 0 radical (unpaired) electrons. The van der Waals surface area contributed by atoms with Gasteiger partial charge in [0.1, 0.15) is 5.82 Å². The summed E-state index contributed by atoms with van der Waals surface area (Å²) in [6, 6.07) is 3.45. The van der Waals surface area contributed by atoms with Gasteiger partial charge in [-0.1, -0.05) is 0 Å².